The molecular formula is C15H17FN2O3. The fraction of sp³-hybridized carbons (Fsp3) is 0.333. The average molecular weight is 292 g/mol. The predicted molar refractivity (Wildman–Crippen MR) is 75.2 cm³/mol. The maximum Gasteiger partial charge on any atom is 0.290 e. The monoisotopic (exact) mass is 292 g/mol. The van der Waals surface area contributed by atoms with Crippen LogP contribution in [0.1, 0.15) is 25.8 Å². The maximum atomic E-state index is 13.3. The zero-order chi connectivity index (χ0) is 15.5. The first-order chi connectivity index (χ1) is 10.0. The maximum absolute atomic E-state index is 13.3. The van der Waals surface area contributed by atoms with E-state index in [-0.39, 0.29) is 18.3 Å². The van der Waals surface area contributed by atoms with Crippen LogP contribution in [-0.2, 0) is 4.79 Å². The molecule has 21 heavy (non-hydrogen) atoms. The highest BCUT2D eigenvalue weighted by Crippen LogP contribution is 2.45. The minimum atomic E-state index is -0.622. The zero-order valence-corrected chi connectivity index (χ0v) is 11.6. The molecule has 112 valence electrons. The van der Waals surface area contributed by atoms with E-state index < -0.39 is 5.60 Å². The van der Waals surface area contributed by atoms with Gasteiger partial charge in [0.15, 0.2) is 0 Å². The molecule has 0 amide bonds. The highest BCUT2D eigenvalue weighted by molar-refractivity contribution is 5.55. The topological polar surface area (TPSA) is 75.3 Å². The summed E-state index contributed by atoms with van der Waals surface area (Å²) in [4.78, 5) is 12.6. The number of hydrogen-bond acceptors (Lipinski definition) is 3. The van der Waals surface area contributed by atoms with Crippen molar-refractivity contribution in [2.75, 3.05) is 0 Å². The van der Waals surface area contributed by atoms with Gasteiger partial charge in [-0.15, -0.1) is 0 Å². The second-order valence-electron chi connectivity index (χ2n) is 5.05. The molecule has 1 aliphatic carbocycles. The van der Waals surface area contributed by atoms with Crippen LogP contribution in [0.3, 0.4) is 0 Å². The SMILES string of the molecule is CC(n1ccnc1-c1cccc(F)c1)C1(O)CC1.O=CO. The van der Waals surface area contributed by atoms with Crippen LogP contribution in [0.4, 0.5) is 4.39 Å². The lowest BCUT2D eigenvalue weighted by Gasteiger charge is -2.21. The Morgan fingerprint density at radius 1 is 1.48 bits per heavy atom. The number of nitrogens with zero attached hydrogens (tertiary/aromatic N) is 2. The minimum absolute atomic E-state index is 0.0433. The highest BCUT2D eigenvalue weighted by atomic mass is 19.1. The zero-order valence-electron chi connectivity index (χ0n) is 11.6. The molecule has 1 atom stereocenters. The third-order valence-corrected chi connectivity index (χ3v) is 3.71. The summed E-state index contributed by atoms with van der Waals surface area (Å²) in [5.41, 5.74) is 0.110. The predicted octanol–water partition coefficient (Wildman–Crippen LogP) is 2.48. The summed E-state index contributed by atoms with van der Waals surface area (Å²) in [6.07, 6.45) is 5.15. The summed E-state index contributed by atoms with van der Waals surface area (Å²) < 4.78 is 15.2. The van der Waals surface area contributed by atoms with Crippen molar-refractivity contribution in [3.8, 4) is 11.4 Å². The lowest BCUT2D eigenvalue weighted by molar-refractivity contribution is -0.122. The van der Waals surface area contributed by atoms with E-state index in [9.17, 15) is 9.50 Å². The molecule has 1 heterocycles. The Bertz CT molecular complexity index is 623. The Labute approximate surface area is 121 Å². The molecule has 1 unspecified atom stereocenters. The van der Waals surface area contributed by atoms with Gasteiger partial charge in [0.1, 0.15) is 11.6 Å². The van der Waals surface area contributed by atoms with Crippen LogP contribution >= 0.6 is 0 Å². The Morgan fingerprint density at radius 2 is 2.14 bits per heavy atom. The van der Waals surface area contributed by atoms with Crippen LogP contribution in [0.25, 0.3) is 11.4 Å². The van der Waals surface area contributed by atoms with Gasteiger partial charge in [0.25, 0.3) is 6.47 Å². The quantitative estimate of drug-likeness (QED) is 0.852. The molecule has 5 nitrogen and oxygen atoms in total. The van der Waals surface area contributed by atoms with Crippen molar-refractivity contribution >= 4 is 6.47 Å². The van der Waals surface area contributed by atoms with Crippen LogP contribution < -0.4 is 0 Å². The first-order valence-corrected chi connectivity index (χ1v) is 6.61. The van der Waals surface area contributed by atoms with Gasteiger partial charge in [-0.3, -0.25) is 4.79 Å². The molecule has 0 saturated heterocycles. The molecule has 6 heteroatoms. The van der Waals surface area contributed by atoms with E-state index in [0.717, 1.165) is 18.4 Å². The Hall–Kier alpha value is -2.21. The smallest absolute Gasteiger partial charge is 0.290 e. The van der Waals surface area contributed by atoms with Gasteiger partial charge in [-0.1, -0.05) is 12.1 Å². The Balaban J connectivity index is 0.000000497. The molecule has 1 aliphatic rings. The van der Waals surface area contributed by atoms with Crippen molar-refractivity contribution in [3.05, 3.63) is 42.5 Å². The van der Waals surface area contributed by atoms with E-state index in [2.05, 4.69) is 4.98 Å². The Kier molecular flexibility index (Phi) is 4.37. The van der Waals surface area contributed by atoms with Crippen molar-refractivity contribution in [1.29, 1.82) is 0 Å². The molecule has 1 saturated carbocycles. The number of benzene rings is 1. The summed E-state index contributed by atoms with van der Waals surface area (Å²) in [6.45, 7) is 1.72. The number of aliphatic hydroxyl groups is 1. The van der Waals surface area contributed by atoms with E-state index in [0.29, 0.717) is 5.82 Å². The van der Waals surface area contributed by atoms with Gasteiger partial charge in [-0.05, 0) is 31.9 Å². The fourth-order valence-corrected chi connectivity index (χ4v) is 2.28. The fourth-order valence-electron chi connectivity index (χ4n) is 2.28. The third-order valence-electron chi connectivity index (χ3n) is 3.71. The van der Waals surface area contributed by atoms with Gasteiger partial charge in [-0.2, -0.15) is 0 Å². The standard InChI is InChI=1S/C14H15FN2O.CH2O2/c1-10(14(18)5-6-14)17-8-7-16-13(17)11-3-2-4-12(15)9-11;2-1-3/h2-4,7-10,18H,5-6H2,1H3;1H,(H,2,3). The van der Waals surface area contributed by atoms with Crippen LogP contribution in [0.2, 0.25) is 0 Å². The van der Waals surface area contributed by atoms with Crippen molar-refractivity contribution in [1.82, 2.24) is 9.55 Å². The van der Waals surface area contributed by atoms with E-state index in [1.54, 1.807) is 12.3 Å². The minimum Gasteiger partial charge on any atom is -0.483 e. The third kappa shape index (κ3) is 3.28. The molecule has 2 N–H and O–H groups in total. The number of carbonyl (C=O) groups is 1. The van der Waals surface area contributed by atoms with E-state index in [4.69, 9.17) is 9.90 Å². The van der Waals surface area contributed by atoms with Gasteiger partial charge in [0.05, 0.1) is 11.6 Å². The van der Waals surface area contributed by atoms with Crippen LogP contribution in [0, 0.1) is 5.82 Å². The molecule has 3 rings (SSSR count). The van der Waals surface area contributed by atoms with Crippen LogP contribution in [-0.4, -0.2) is 31.8 Å². The highest BCUT2D eigenvalue weighted by Gasteiger charge is 2.46. The lowest BCUT2D eigenvalue weighted by Crippen LogP contribution is -2.23. The van der Waals surface area contributed by atoms with Crippen LogP contribution in [0.5, 0.6) is 0 Å². The molecule has 1 fully saturated rings. The number of imidazole rings is 1. The largest absolute Gasteiger partial charge is 0.483 e. The molecule has 1 aromatic heterocycles. The Morgan fingerprint density at radius 3 is 2.71 bits per heavy atom. The number of hydrogen-bond donors (Lipinski definition) is 2. The van der Waals surface area contributed by atoms with Crippen molar-refractivity contribution in [2.24, 2.45) is 0 Å². The first-order valence-electron chi connectivity index (χ1n) is 6.61. The molecule has 0 spiro atoms. The van der Waals surface area contributed by atoms with Gasteiger partial charge in [0.2, 0.25) is 0 Å². The van der Waals surface area contributed by atoms with Gasteiger partial charge >= 0.3 is 0 Å². The van der Waals surface area contributed by atoms with Crippen molar-refractivity contribution in [2.45, 2.75) is 31.4 Å². The number of carboxylic acid groups (broad SMARTS) is 1. The lowest BCUT2D eigenvalue weighted by atomic mass is 10.1. The second kappa shape index (κ2) is 6.05. The van der Waals surface area contributed by atoms with E-state index in [1.807, 2.05) is 23.8 Å². The number of halogens is 1. The normalized spacial score (nSPS) is 16.5. The first kappa shape index (κ1) is 15.2. The summed E-state index contributed by atoms with van der Waals surface area (Å²) >= 11 is 0. The molecular weight excluding hydrogens is 275 g/mol. The van der Waals surface area contributed by atoms with Crippen molar-refractivity contribution < 1.29 is 19.4 Å². The van der Waals surface area contributed by atoms with E-state index in [1.165, 1.54) is 12.1 Å². The van der Waals surface area contributed by atoms with Gasteiger partial charge in [0, 0.05) is 18.0 Å². The van der Waals surface area contributed by atoms with Crippen LogP contribution in [0.15, 0.2) is 36.7 Å². The molecule has 1 aromatic carbocycles. The summed E-state index contributed by atoms with van der Waals surface area (Å²) in [6, 6.07) is 6.32. The second-order valence-corrected chi connectivity index (χ2v) is 5.05. The average Bonchev–Trinajstić information content (AvgIpc) is 3.04. The van der Waals surface area contributed by atoms with E-state index >= 15 is 0 Å². The van der Waals surface area contributed by atoms with Gasteiger partial charge in [-0.25, -0.2) is 9.37 Å². The molecule has 0 aliphatic heterocycles. The summed E-state index contributed by atoms with van der Waals surface area (Å²) in [5, 5.41) is 17.1. The summed E-state index contributed by atoms with van der Waals surface area (Å²) in [7, 11) is 0. The van der Waals surface area contributed by atoms with Crippen molar-refractivity contribution in [3.63, 3.8) is 0 Å². The molecule has 2 aromatic rings. The summed E-state index contributed by atoms with van der Waals surface area (Å²) in [5.74, 6) is 0.419. The molecule has 0 bridgehead atoms. The number of rotatable bonds is 3. The number of aromatic nitrogens is 2. The molecule has 0 radical (unpaired) electrons. The van der Waals surface area contributed by atoms with Gasteiger partial charge < -0.3 is 14.8 Å².